The van der Waals surface area contributed by atoms with Gasteiger partial charge in [0.1, 0.15) is 0 Å². The number of carbonyl (C=O) groups excluding carboxylic acids is 2. The average molecular weight is 425 g/mol. The van der Waals surface area contributed by atoms with E-state index in [0.717, 1.165) is 19.3 Å². The second-order valence-corrected chi connectivity index (χ2v) is 8.76. The molecule has 0 fully saturated rings. The van der Waals surface area contributed by atoms with E-state index < -0.39 is 15.9 Å². The van der Waals surface area contributed by atoms with Crippen LogP contribution in [-0.4, -0.2) is 25.1 Å². The van der Waals surface area contributed by atoms with Crippen molar-refractivity contribution in [3.05, 3.63) is 72.1 Å². The fraction of sp³-hybridized carbons (Fsp3) is 0.261. The first-order valence-electron chi connectivity index (χ1n) is 9.91. The molecule has 0 spiro atoms. The molecule has 0 saturated carbocycles. The molecule has 6 nitrogen and oxygen atoms in total. The van der Waals surface area contributed by atoms with Crippen LogP contribution in [0.25, 0.3) is 10.8 Å². The molecule has 1 heterocycles. The maximum atomic E-state index is 12.7. The van der Waals surface area contributed by atoms with Gasteiger partial charge in [0.25, 0.3) is 10.0 Å². The number of benzene rings is 2. The Balaban J connectivity index is 1.61. The van der Waals surface area contributed by atoms with Crippen LogP contribution in [-0.2, 0) is 21.2 Å². The lowest BCUT2D eigenvalue weighted by Gasteiger charge is -2.09. The molecule has 0 bridgehead atoms. The Hall–Kier alpha value is -3.06. The number of pyridine rings is 1. The minimum atomic E-state index is -4.05. The summed E-state index contributed by atoms with van der Waals surface area (Å²) in [7, 11) is -4.05. The maximum absolute atomic E-state index is 12.7. The van der Waals surface area contributed by atoms with Crippen molar-refractivity contribution < 1.29 is 18.0 Å². The summed E-state index contributed by atoms with van der Waals surface area (Å²) in [5.41, 5.74) is 1.69. The zero-order valence-corrected chi connectivity index (χ0v) is 17.6. The molecule has 0 atom stereocenters. The summed E-state index contributed by atoms with van der Waals surface area (Å²) < 4.78 is 27.4. The lowest BCUT2D eigenvalue weighted by Crippen LogP contribution is -2.31. The van der Waals surface area contributed by atoms with Gasteiger partial charge >= 0.3 is 0 Å². The second kappa shape index (κ2) is 9.63. The Bertz CT molecular complexity index is 1150. The number of rotatable bonds is 9. The summed E-state index contributed by atoms with van der Waals surface area (Å²) in [5.74, 6) is -0.908. The lowest BCUT2D eigenvalue weighted by molar-refractivity contribution is -0.119. The van der Waals surface area contributed by atoms with E-state index in [9.17, 15) is 18.0 Å². The molecule has 0 aliphatic carbocycles. The smallest absolute Gasteiger partial charge is 0.264 e. The van der Waals surface area contributed by atoms with E-state index in [0.29, 0.717) is 16.3 Å². The highest BCUT2D eigenvalue weighted by molar-refractivity contribution is 7.90. The van der Waals surface area contributed by atoms with Gasteiger partial charge in [-0.15, -0.1) is 0 Å². The summed E-state index contributed by atoms with van der Waals surface area (Å²) in [4.78, 5) is 28.5. The number of hydrogen-bond donors (Lipinski definition) is 1. The molecule has 0 radical (unpaired) electrons. The molecule has 3 rings (SSSR count). The summed E-state index contributed by atoms with van der Waals surface area (Å²) >= 11 is 0. The van der Waals surface area contributed by atoms with Gasteiger partial charge in [-0.3, -0.25) is 14.6 Å². The number of aryl methyl sites for hydroxylation is 1. The largest absolute Gasteiger partial charge is 0.294 e. The van der Waals surface area contributed by atoms with Crippen molar-refractivity contribution >= 4 is 32.5 Å². The normalized spacial score (nSPS) is 11.4. The SMILES string of the molecule is CCCCc1ccc(C(=O)CCC(=O)NS(=O)(=O)c2cccc3cnccc23)cc1. The van der Waals surface area contributed by atoms with Crippen molar-refractivity contribution in [2.45, 2.75) is 43.9 Å². The Morgan fingerprint density at radius 2 is 1.77 bits per heavy atom. The first-order chi connectivity index (χ1) is 14.4. The van der Waals surface area contributed by atoms with E-state index in [1.807, 2.05) is 12.1 Å². The third-order valence-electron chi connectivity index (χ3n) is 4.85. The van der Waals surface area contributed by atoms with Gasteiger partial charge in [0.2, 0.25) is 5.91 Å². The molecule has 3 aromatic rings. The number of amides is 1. The quantitative estimate of drug-likeness (QED) is 0.523. The highest BCUT2D eigenvalue weighted by Crippen LogP contribution is 2.22. The molecular weight excluding hydrogens is 400 g/mol. The highest BCUT2D eigenvalue weighted by Gasteiger charge is 2.20. The van der Waals surface area contributed by atoms with Gasteiger partial charge in [-0.25, -0.2) is 13.1 Å². The molecule has 1 aromatic heterocycles. The van der Waals surface area contributed by atoms with Crippen molar-refractivity contribution in [2.75, 3.05) is 0 Å². The van der Waals surface area contributed by atoms with E-state index in [1.54, 1.807) is 36.5 Å². The molecule has 30 heavy (non-hydrogen) atoms. The second-order valence-electron chi connectivity index (χ2n) is 7.11. The van der Waals surface area contributed by atoms with Crippen LogP contribution >= 0.6 is 0 Å². The number of hydrogen-bond acceptors (Lipinski definition) is 5. The summed E-state index contributed by atoms with van der Waals surface area (Å²) in [6.45, 7) is 2.13. The number of Topliss-reactive ketones (excluding diaryl/α,β-unsaturated/α-hetero) is 1. The standard InChI is InChI=1S/C23H24N2O4S/c1-2-3-5-17-8-10-18(11-9-17)21(26)12-13-23(27)25-30(28,29)22-7-4-6-19-16-24-15-14-20(19)22/h4,6-11,14-16H,2-3,5,12-13H2,1H3,(H,25,27). The predicted octanol–water partition coefficient (Wildman–Crippen LogP) is 4.05. The van der Waals surface area contributed by atoms with Gasteiger partial charge < -0.3 is 0 Å². The summed E-state index contributed by atoms with van der Waals surface area (Å²) in [6.07, 6.45) is 5.95. The van der Waals surface area contributed by atoms with Crippen molar-refractivity contribution in [1.29, 1.82) is 0 Å². The number of fused-ring (bicyclic) bond motifs is 1. The van der Waals surface area contributed by atoms with Crippen molar-refractivity contribution in [2.24, 2.45) is 0 Å². The molecule has 0 aliphatic heterocycles. The fourth-order valence-electron chi connectivity index (χ4n) is 3.19. The topological polar surface area (TPSA) is 93.2 Å². The van der Waals surface area contributed by atoms with Crippen molar-refractivity contribution in [1.82, 2.24) is 9.71 Å². The number of unbranched alkanes of at least 4 members (excludes halogenated alkanes) is 1. The van der Waals surface area contributed by atoms with Crippen LogP contribution in [0.2, 0.25) is 0 Å². The van der Waals surface area contributed by atoms with Gasteiger partial charge in [-0.2, -0.15) is 0 Å². The number of ketones is 1. The number of aromatic nitrogens is 1. The van der Waals surface area contributed by atoms with Gasteiger partial charge in [0.05, 0.1) is 4.90 Å². The minimum absolute atomic E-state index is 0.00439. The number of nitrogens with zero attached hydrogens (tertiary/aromatic N) is 1. The van der Waals surface area contributed by atoms with E-state index in [-0.39, 0.29) is 23.5 Å². The number of sulfonamides is 1. The summed E-state index contributed by atoms with van der Waals surface area (Å²) in [5, 5.41) is 1.14. The zero-order chi connectivity index (χ0) is 21.6. The van der Waals surface area contributed by atoms with Crippen molar-refractivity contribution in [3.8, 4) is 0 Å². The Morgan fingerprint density at radius 1 is 1.00 bits per heavy atom. The predicted molar refractivity (Wildman–Crippen MR) is 116 cm³/mol. The Morgan fingerprint density at radius 3 is 2.50 bits per heavy atom. The molecule has 0 saturated heterocycles. The zero-order valence-electron chi connectivity index (χ0n) is 16.8. The number of nitrogens with one attached hydrogen (secondary N) is 1. The van der Waals surface area contributed by atoms with E-state index in [1.165, 1.54) is 17.8 Å². The third-order valence-corrected chi connectivity index (χ3v) is 6.28. The van der Waals surface area contributed by atoms with E-state index in [2.05, 4.69) is 16.6 Å². The van der Waals surface area contributed by atoms with Crippen LogP contribution in [0.1, 0.15) is 48.5 Å². The molecule has 1 amide bonds. The minimum Gasteiger partial charge on any atom is -0.294 e. The van der Waals surface area contributed by atoms with Crippen LogP contribution in [0.5, 0.6) is 0 Å². The van der Waals surface area contributed by atoms with Crippen LogP contribution in [0.3, 0.4) is 0 Å². The van der Waals surface area contributed by atoms with E-state index >= 15 is 0 Å². The molecule has 0 aliphatic rings. The molecule has 0 unspecified atom stereocenters. The Labute approximate surface area is 176 Å². The third kappa shape index (κ3) is 5.30. The molecule has 2 aromatic carbocycles. The molecule has 156 valence electrons. The van der Waals surface area contributed by atoms with Gasteiger partial charge in [-0.1, -0.05) is 49.7 Å². The van der Waals surface area contributed by atoms with Gasteiger partial charge in [-0.05, 0) is 30.5 Å². The van der Waals surface area contributed by atoms with Crippen LogP contribution in [0.15, 0.2) is 65.8 Å². The Kier molecular flexibility index (Phi) is 6.95. The van der Waals surface area contributed by atoms with Gasteiger partial charge in [0.15, 0.2) is 5.78 Å². The first kappa shape index (κ1) is 21.6. The first-order valence-corrected chi connectivity index (χ1v) is 11.4. The average Bonchev–Trinajstić information content (AvgIpc) is 2.75. The van der Waals surface area contributed by atoms with E-state index in [4.69, 9.17) is 0 Å². The fourth-order valence-corrected chi connectivity index (χ4v) is 4.44. The van der Waals surface area contributed by atoms with Gasteiger partial charge in [0, 0.05) is 41.6 Å². The van der Waals surface area contributed by atoms with Crippen LogP contribution < -0.4 is 4.72 Å². The highest BCUT2D eigenvalue weighted by atomic mass is 32.2. The summed E-state index contributed by atoms with van der Waals surface area (Å²) in [6, 6.07) is 13.7. The molecular formula is C23H24N2O4S. The maximum Gasteiger partial charge on any atom is 0.264 e. The monoisotopic (exact) mass is 424 g/mol. The van der Waals surface area contributed by atoms with Crippen LogP contribution in [0, 0.1) is 0 Å². The molecule has 7 heteroatoms. The lowest BCUT2D eigenvalue weighted by atomic mass is 10.0. The molecule has 1 N–H and O–H groups in total. The number of carbonyl (C=O) groups is 2. The van der Waals surface area contributed by atoms with Crippen LogP contribution in [0.4, 0.5) is 0 Å². The van der Waals surface area contributed by atoms with Crippen molar-refractivity contribution in [3.63, 3.8) is 0 Å².